The molecule has 0 spiro atoms. The molecule has 0 amide bonds. The SMILES string of the molecule is CCCNC(c1cc(F)ccc1F)C1CN(C)CCN1C. The first-order chi connectivity index (χ1) is 10.0. The van der Waals surface area contributed by atoms with Gasteiger partial charge in [-0.2, -0.15) is 0 Å². The van der Waals surface area contributed by atoms with Crippen molar-refractivity contribution < 1.29 is 8.78 Å². The molecular formula is C16H25F2N3. The second-order valence-corrected chi connectivity index (χ2v) is 5.91. The zero-order valence-corrected chi connectivity index (χ0v) is 13.1. The van der Waals surface area contributed by atoms with Crippen LogP contribution in [0.1, 0.15) is 24.9 Å². The minimum atomic E-state index is -0.387. The summed E-state index contributed by atoms with van der Waals surface area (Å²) in [5, 5.41) is 3.40. The van der Waals surface area contributed by atoms with E-state index in [4.69, 9.17) is 0 Å². The van der Waals surface area contributed by atoms with Crippen LogP contribution in [-0.4, -0.2) is 56.1 Å². The van der Waals surface area contributed by atoms with Crippen LogP contribution in [0.3, 0.4) is 0 Å². The van der Waals surface area contributed by atoms with Crippen LogP contribution in [0, 0.1) is 11.6 Å². The highest BCUT2D eigenvalue weighted by molar-refractivity contribution is 5.24. The Bertz CT molecular complexity index is 467. The second-order valence-electron chi connectivity index (χ2n) is 5.91. The summed E-state index contributed by atoms with van der Waals surface area (Å²) in [6, 6.07) is 3.65. The molecule has 1 fully saturated rings. The molecule has 0 aromatic heterocycles. The number of piperazine rings is 1. The van der Waals surface area contributed by atoms with Crippen LogP contribution in [0.4, 0.5) is 8.78 Å². The molecular weight excluding hydrogens is 272 g/mol. The van der Waals surface area contributed by atoms with E-state index in [1.807, 2.05) is 0 Å². The van der Waals surface area contributed by atoms with Gasteiger partial charge >= 0.3 is 0 Å². The van der Waals surface area contributed by atoms with Gasteiger partial charge in [0.2, 0.25) is 0 Å². The summed E-state index contributed by atoms with van der Waals surface area (Å²) < 4.78 is 27.7. The highest BCUT2D eigenvalue weighted by Crippen LogP contribution is 2.26. The lowest BCUT2D eigenvalue weighted by atomic mass is 9.95. The summed E-state index contributed by atoms with van der Waals surface area (Å²) >= 11 is 0. The van der Waals surface area contributed by atoms with Crippen molar-refractivity contribution in [2.75, 3.05) is 40.3 Å². The number of hydrogen-bond donors (Lipinski definition) is 1. The molecule has 2 rings (SSSR count). The predicted octanol–water partition coefficient (Wildman–Crippen LogP) is 2.25. The summed E-state index contributed by atoms with van der Waals surface area (Å²) in [5.74, 6) is -0.729. The molecule has 1 saturated heterocycles. The Morgan fingerprint density at radius 3 is 2.76 bits per heavy atom. The molecule has 0 radical (unpaired) electrons. The summed E-state index contributed by atoms with van der Waals surface area (Å²) in [6.07, 6.45) is 0.958. The first-order valence-corrected chi connectivity index (χ1v) is 7.60. The smallest absolute Gasteiger partial charge is 0.128 e. The molecule has 3 nitrogen and oxygen atoms in total. The molecule has 1 aromatic rings. The van der Waals surface area contributed by atoms with Crippen LogP contribution >= 0.6 is 0 Å². The van der Waals surface area contributed by atoms with E-state index in [9.17, 15) is 8.78 Å². The third kappa shape index (κ3) is 3.99. The van der Waals surface area contributed by atoms with Crippen molar-refractivity contribution in [1.29, 1.82) is 0 Å². The van der Waals surface area contributed by atoms with Crippen LogP contribution in [0.5, 0.6) is 0 Å². The molecule has 2 atom stereocenters. The molecule has 1 N–H and O–H groups in total. The molecule has 21 heavy (non-hydrogen) atoms. The molecule has 1 aliphatic rings. The lowest BCUT2D eigenvalue weighted by Gasteiger charge is -2.42. The maximum atomic E-state index is 14.2. The molecule has 5 heteroatoms. The fourth-order valence-corrected chi connectivity index (χ4v) is 2.91. The van der Waals surface area contributed by atoms with Gasteiger partial charge in [0.25, 0.3) is 0 Å². The molecule has 0 saturated carbocycles. The van der Waals surface area contributed by atoms with Crippen LogP contribution < -0.4 is 5.32 Å². The van der Waals surface area contributed by atoms with Gasteiger partial charge in [-0.3, -0.25) is 4.90 Å². The second kappa shape index (κ2) is 7.29. The summed E-state index contributed by atoms with van der Waals surface area (Å²) in [4.78, 5) is 4.47. The van der Waals surface area contributed by atoms with Gasteiger partial charge in [0.05, 0.1) is 6.04 Å². The summed E-state index contributed by atoms with van der Waals surface area (Å²) in [6.45, 7) is 5.63. The van der Waals surface area contributed by atoms with Gasteiger partial charge in [-0.25, -0.2) is 8.78 Å². The molecule has 2 unspecified atom stereocenters. The third-order valence-corrected chi connectivity index (χ3v) is 4.19. The number of nitrogens with one attached hydrogen (secondary N) is 1. The highest BCUT2D eigenvalue weighted by atomic mass is 19.1. The fraction of sp³-hybridized carbons (Fsp3) is 0.625. The van der Waals surface area contributed by atoms with Crippen molar-refractivity contribution in [3.05, 3.63) is 35.4 Å². The first-order valence-electron chi connectivity index (χ1n) is 7.60. The van der Waals surface area contributed by atoms with E-state index in [0.29, 0.717) is 5.56 Å². The van der Waals surface area contributed by atoms with E-state index in [-0.39, 0.29) is 23.7 Å². The largest absolute Gasteiger partial charge is 0.309 e. The maximum absolute atomic E-state index is 14.2. The average Bonchev–Trinajstić information content (AvgIpc) is 2.46. The number of benzene rings is 1. The average molecular weight is 297 g/mol. The molecule has 1 aliphatic heterocycles. The van der Waals surface area contributed by atoms with Gasteiger partial charge in [-0.15, -0.1) is 0 Å². The fourth-order valence-electron chi connectivity index (χ4n) is 2.91. The zero-order valence-electron chi connectivity index (χ0n) is 13.1. The maximum Gasteiger partial charge on any atom is 0.128 e. The molecule has 0 aliphatic carbocycles. The van der Waals surface area contributed by atoms with E-state index in [2.05, 4.69) is 36.1 Å². The first kappa shape index (κ1) is 16.3. The van der Waals surface area contributed by atoms with Gasteiger partial charge < -0.3 is 10.2 Å². The van der Waals surface area contributed by atoms with Crippen molar-refractivity contribution in [2.24, 2.45) is 0 Å². The Morgan fingerprint density at radius 2 is 2.05 bits per heavy atom. The number of nitrogens with zero attached hydrogens (tertiary/aromatic N) is 2. The Hall–Kier alpha value is -1.04. The molecule has 1 aromatic carbocycles. The van der Waals surface area contributed by atoms with Crippen LogP contribution in [-0.2, 0) is 0 Å². The van der Waals surface area contributed by atoms with E-state index < -0.39 is 0 Å². The predicted molar refractivity (Wildman–Crippen MR) is 81.3 cm³/mol. The van der Waals surface area contributed by atoms with Gasteiger partial charge in [0, 0.05) is 31.2 Å². The van der Waals surface area contributed by atoms with Gasteiger partial charge in [-0.05, 0) is 45.3 Å². The van der Waals surface area contributed by atoms with Gasteiger partial charge in [-0.1, -0.05) is 6.92 Å². The van der Waals surface area contributed by atoms with E-state index in [1.165, 1.54) is 18.2 Å². The Morgan fingerprint density at radius 1 is 1.29 bits per heavy atom. The van der Waals surface area contributed by atoms with Crippen molar-refractivity contribution in [3.63, 3.8) is 0 Å². The topological polar surface area (TPSA) is 18.5 Å². The van der Waals surface area contributed by atoms with E-state index in [0.717, 1.165) is 32.6 Å². The van der Waals surface area contributed by atoms with Crippen LogP contribution in [0.25, 0.3) is 0 Å². The lowest BCUT2D eigenvalue weighted by molar-refractivity contribution is 0.0865. The zero-order chi connectivity index (χ0) is 15.4. The van der Waals surface area contributed by atoms with Crippen molar-refractivity contribution in [1.82, 2.24) is 15.1 Å². The number of hydrogen-bond acceptors (Lipinski definition) is 3. The van der Waals surface area contributed by atoms with E-state index in [1.54, 1.807) is 0 Å². The summed E-state index contributed by atoms with van der Waals surface area (Å²) in [5.41, 5.74) is 0.426. The minimum Gasteiger partial charge on any atom is -0.309 e. The van der Waals surface area contributed by atoms with Gasteiger partial charge in [0.1, 0.15) is 11.6 Å². The normalized spacial score (nSPS) is 22.4. The molecule has 0 bridgehead atoms. The number of likely N-dealkylation sites (N-methyl/N-ethyl adjacent to an activating group) is 2. The highest BCUT2D eigenvalue weighted by Gasteiger charge is 2.32. The van der Waals surface area contributed by atoms with Crippen molar-refractivity contribution in [3.8, 4) is 0 Å². The third-order valence-electron chi connectivity index (χ3n) is 4.19. The monoisotopic (exact) mass is 297 g/mol. The molecule has 1 heterocycles. The minimum absolute atomic E-state index is 0.131. The lowest BCUT2D eigenvalue weighted by Crippen LogP contribution is -2.55. The Balaban J connectivity index is 2.30. The van der Waals surface area contributed by atoms with E-state index >= 15 is 0 Å². The number of rotatable bonds is 5. The molecule has 118 valence electrons. The Kier molecular flexibility index (Phi) is 5.67. The van der Waals surface area contributed by atoms with Crippen LogP contribution in [0.15, 0.2) is 18.2 Å². The van der Waals surface area contributed by atoms with Crippen molar-refractivity contribution in [2.45, 2.75) is 25.4 Å². The number of halogens is 2. The standard InChI is InChI=1S/C16H25F2N3/c1-4-7-19-16(13-10-12(17)5-6-14(13)18)15-11-20(2)8-9-21(15)3/h5-6,10,15-16,19H,4,7-9,11H2,1-3H3. The van der Waals surface area contributed by atoms with Crippen LogP contribution in [0.2, 0.25) is 0 Å². The van der Waals surface area contributed by atoms with Crippen molar-refractivity contribution >= 4 is 0 Å². The van der Waals surface area contributed by atoms with Gasteiger partial charge in [0.15, 0.2) is 0 Å². The quantitative estimate of drug-likeness (QED) is 0.899. The summed E-state index contributed by atoms with van der Waals surface area (Å²) in [7, 11) is 4.12. The Labute approximate surface area is 125 Å².